The predicted octanol–water partition coefficient (Wildman–Crippen LogP) is 5.65. The maximum absolute atomic E-state index is 13.3. The number of fused-ring (bicyclic) bond motifs is 1. The first-order chi connectivity index (χ1) is 19.5. The number of carboxylic acids is 1. The van der Waals surface area contributed by atoms with Gasteiger partial charge in [-0.3, -0.25) is 14.4 Å². The van der Waals surface area contributed by atoms with Gasteiger partial charge in [0.15, 0.2) is 5.78 Å². The predicted molar refractivity (Wildman–Crippen MR) is 143 cm³/mol. The van der Waals surface area contributed by atoms with E-state index in [1.54, 1.807) is 36.4 Å². The van der Waals surface area contributed by atoms with Gasteiger partial charge in [0.05, 0.1) is 23.4 Å². The Morgan fingerprint density at radius 3 is 2.39 bits per heavy atom. The van der Waals surface area contributed by atoms with Crippen molar-refractivity contribution >= 4 is 34.3 Å². The SMILES string of the molecule is O=C(O)[C@H]1[C@H](Cn2nnc3ccc(C(F)(F)F)cc3c2=O)CC[C@@H]1C(=O)c1ccc(OCc2ccc(Cl)cc2)cc1. The van der Waals surface area contributed by atoms with E-state index >= 15 is 0 Å². The van der Waals surface area contributed by atoms with Gasteiger partial charge in [-0.25, -0.2) is 4.68 Å². The van der Waals surface area contributed by atoms with Gasteiger partial charge in [-0.1, -0.05) is 28.9 Å². The van der Waals surface area contributed by atoms with Crippen molar-refractivity contribution in [3.63, 3.8) is 0 Å². The van der Waals surface area contributed by atoms with E-state index in [1.807, 2.05) is 12.1 Å². The molecule has 1 fully saturated rings. The molecule has 1 heterocycles. The lowest BCUT2D eigenvalue weighted by Crippen LogP contribution is -2.34. The minimum Gasteiger partial charge on any atom is -0.489 e. The molecule has 0 bridgehead atoms. The Hall–Kier alpha value is -4.25. The summed E-state index contributed by atoms with van der Waals surface area (Å²) in [5, 5.41) is 18.0. The van der Waals surface area contributed by atoms with Crippen LogP contribution in [0.1, 0.15) is 34.3 Å². The third-order valence-electron chi connectivity index (χ3n) is 7.33. The third-order valence-corrected chi connectivity index (χ3v) is 7.58. The molecule has 1 aliphatic rings. The highest BCUT2D eigenvalue weighted by Crippen LogP contribution is 2.40. The molecular weight excluding hydrogens is 563 g/mol. The number of carboxylic acid groups (broad SMARTS) is 1. The first-order valence-corrected chi connectivity index (χ1v) is 13.1. The molecule has 1 aromatic heterocycles. The number of carbonyl (C=O) groups excluding carboxylic acids is 1. The van der Waals surface area contributed by atoms with Crippen LogP contribution in [0.15, 0.2) is 71.5 Å². The molecule has 212 valence electrons. The van der Waals surface area contributed by atoms with E-state index in [1.165, 1.54) is 0 Å². The van der Waals surface area contributed by atoms with Crippen molar-refractivity contribution in [2.45, 2.75) is 32.2 Å². The Morgan fingerprint density at radius 2 is 1.73 bits per heavy atom. The summed E-state index contributed by atoms with van der Waals surface area (Å²) in [7, 11) is 0. The molecule has 12 heteroatoms. The van der Waals surface area contributed by atoms with Crippen LogP contribution in [-0.2, 0) is 24.1 Å². The van der Waals surface area contributed by atoms with Crippen LogP contribution in [0.2, 0.25) is 5.02 Å². The van der Waals surface area contributed by atoms with Crippen molar-refractivity contribution in [2.75, 3.05) is 0 Å². The smallest absolute Gasteiger partial charge is 0.416 e. The molecule has 3 aromatic carbocycles. The normalized spacial score (nSPS) is 18.9. The van der Waals surface area contributed by atoms with Gasteiger partial charge in [0.1, 0.15) is 17.9 Å². The molecule has 0 saturated heterocycles. The van der Waals surface area contributed by atoms with Crippen molar-refractivity contribution in [3.05, 3.63) is 98.8 Å². The van der Waals surface area contributed by atoms with Gasteiger partial charge in [0.25, 0.3) is 5.56 Å². The maximum Gasteiger partial charge on any atom is 0.416 e. The van der Waals surface area contributed by atoms with E-state index in [0.29, 0.717) is 35.4 Å². The highest BCUT2D eigenvalue weighted by molar-refractivity contribution is 6.30. The first-order valence-electron chi connectivity index (χ1n) is 12.7. The number of rotatable bonds is 8. The summed E-state index contributed by atoms with van der Waals surface area (Å²) in [6.45, 7) is 0.0979. The molecule has 1 N–H and O–H groups in total. The van der Waals surface area contributed by atoms with E-state index in [2.05, 4.69) is 10.3 Å². The molecule has 41 heavy (non-hydrogen) atoms. The van der Waals surface area contributed by atoms with Gasteiger partial charge in [0, 0.05) is 16.5 Å². The quantitative estimate of drug-likeness (QED) is 0.266. The fourth-order valence-corrected chi connectivity index (χ4v) is 5.35. The van der Waals surface area contributed by atoms with E-state index in [9.17, 15) is 32.7 Å². The van der Waals surface area contributed by atoms with Crippen LogP contribution >= 0.6 is 11.6 Å². The Labute approximate surface area is 236 Å². The summed E-state index contributed by atoms with van der Waals surface area (Å²) in [4.78, 5) is 38.6. The maximum atomic E-state index is 13.3. The molecule has 5 rings (SSSR count). The summed E-state index contributed by atoms with van der Waals surface area (Å²) >= 11 is 5.89. The van der Waals surface area contributed by atoms with Gasteiger partial charge < -0.3 is 9.84 Å². The summed E-state index contributed by atoms with van der Waals surface area (Å²) in [5.41, 5.74) is -0.587. The number of aromatic nitrogens is 3. The standard InChI is InChI=1S/C29H23ClF3N3O5/c30-20-7-1-16(2-8-20)15-41-21-9-3-17(4-10-21)26(37)22-11-5-18(25(22)28(39)40)14-36-27(38)23-13-19(29(31,32)33)6-12-24(23)34-35-36/h1-4,6-10,12-13,18,22,25H,5,11,14-15H2,(H,39,40)/t18-,22-,25-/m0/s1. The molecule has 0 radical (unpaired) electrons. The van der Waals surface area contributed by atoms with Gasteiger partial charge in [-0.05, 0) is 78.9 Å². The van der Waals surface area contributed by atoms with Gasteiger partial charge in [-0.15, -0.1) is 5.10 Å². The van der Waals surface area contributed by atoms with Crippen LogP contribution < -0.4 is 10.3 Å². The fourth-order valence-electron chi connectivity index (χ4n) is 5.23. The lowest BCUT2D eigenvalue weighted by Gasteiger charge is -2.20. The Kier molecular flexibility index (Phi) is 7.81. The molecule has 4 aromatic rings. The zero-order valence-electron chi connectivity index (χ0n) is 21.3. The van der Waals surface area contributed by atoms with Crippen LogP contribution in [0.4, 0.5) is 13.2 Å². The number of hydrogen-bond donors (Lipinski definition) is 1. The molecule has 8 nitrogen and oxygen atoms in total. The average Bonchev–Trinajstić information content (AvgIpc) is 3.37. The van der Waals surface area contributed by atoms with Crippen LogP contribution in [0.5, 0.6) is 5.75 Å². The monoisotopic (exact) mass is 585 g/mol. The highest BCUT2D eigenvalue weighted by Gasteiger charge is 2.45. The number of alkyl halides is 3. The summed E-state index contributed by atoms with van der Waals surface area (Å²) in [6, 6.07) is 16.2. The molecule has 3 atom stereocenters. The van der Waals surface area contributed by atoms with Crippen molar-refractivity contribution in [3.8, 4) is 5.75 Å². The topological polar surface area (TPSA) is 111 Å². The molecule has 1 saturated carbocycles. The molecule has 0 spiro atoms. The highest BCUT2D eigenvalue weighted by atomic mass is 35.5. The van der Waals surface area contributed by atoms with E-state index in [0.717, 1.165) is 22.4 Å². The summed E-state index contributed by atoms with van der Waals surface area (Å²) in [5.74, 6) is -3.64. The fraction of sp³-hybridized carbons (Fsp3) is 0.276. The molecule has 0 unspecified atom stereocenters. The number of Topliss-reactive ketones (excluding diaryl/α,β-unsaturated/α-hetero) is 1. The number of halogens is 4. The van der Waals surface area contributed by atoms with Crippen LogP contribution in [0, 0.1) is 17.8 Å². The molecule has 0 amide bonds. The van der Waals surface area contributed by atoms with Crippen molar-refractivity contribution in [1.29, 1.82) is 0 Å². The van der Waals surface area contributed by atoms with Gasteiger partial charge in [0.2, 0.25) is 0 Å². The number of aliphatic carboxylic acids is 1. The number of hydrogen-bond acceptors (Lipinski definition) is 6. The minimum absolute atomic E-state index is 0.00546. The zero-order chi connectivity index (χ0) is 29.3. The van der Waals surface area contributed by atoms with Crippen LogP contribution in [-0.4, -0.2) is 31.9 Å². The first kappa shape index (κ1) is 28.3. The van der Waals surface area contributed by atoms with E-state index in [-0.39, 0.29) is 29.7 Å². The Bertz CT molecular complexity index is 1660. The number of ketones is 1. The molecule has 0 aliphatic heterocycles. The second-order valence-corrected chi connectivity index (χ2v) is 10.4. The van der Waals surface area contributed by atoms with Crippen molar-refractivity contribution in [1.82, 2.24) is 15.0 Å². The molecule has 1 aliphatic carbocycles. The van der Waals surface area contributed by atoms with Crippen LogP contribution in [0.25, 0.3) is 10.9 Å². The van der Waals surface area contributed by atoms with Crippen molar-refractivity contribution in [2.24, 2.45) is 17.8 Å². The van der Waals surface area contributed by atoms with Gasteiger partial charge >= 0.3 is 12.1 Å². The largest absolute Gasteiger partial charge is 0.489 e. The second kappa shape index (κ2) is 11.3. The molecular formula is C29H23ClF3N3O5. The number of ether oxygens (including phenoxy) is 1. The Morgan fingerprint density at radius 1 is 1.02 bits per heavy atom. The van der Waals surface area contributed by atoms with Crippen LogP contribution in [0.3, 0.4) is 0 Å². The van der Waals surface area contributed by atoms with Gasteiger partial charge in [-0.2, -0.15) is 13.2 Å². The number of nitrogens with zero attached hydrogens (tertiary/aromatic N) is 3. The zero-order valence-corrected chi connectivity index (χ0v) is 22.1. The lowest BCUT2D eigenvalue weighted by atomic mass is 9.84. The minimum atomic E-state index is -4.65. The van der Waals surface area contributed by atoms with E-state index < -0.39 is 41.0 Å². The number of carbonyl (C=O) groups is 2. The third kappa shape index (κ3) is 6.09. The average molecular weight is 586 g/mol. The number of benzene rings is 3. The lowest BCUT2D eigenvalue weighted by molar-refractivity contribution is -0.144. The summed E-state index contributed by atoms with van der Waals surface area (Å²) in [6.07, 6.45) is -4.07. The Balaban J connectivity index is 1.30. The van der Waals surface area contributed by atoms with E-state index in [4.69, 9.17) is 16.3 Å². The summed E-state index contributed by atoms with van der Waals surface area (Å²) < 4.78 is 46.1. The van der Waals surface area contributed by atoms with Crippen molar-refractivity contribution < 1.29 is 32.6 Å². The second-order valence-electron chi connectivity index (χ2n) is 9.92.